The number of aryl methyl sites for hydroxylation is 2. The van der Waals surface area contributed by atoms with E-state index in [1.165, 1.54) is 30.5 Å². The SMILES string of the molecule is Cc1ccc(S(=O)(=O)N(CC(=O)N/N=C\c2ccc(C(=O)O)cc2)c2ccccc2C)cc1. The average Bonchev–Trinajstić information content (AvgIpc) is 2.78. The molecule has 0 fully saturated rings. The molecule has 33 heavy (non-hydrogen) atoms. The molecule has 2 N–H and O–H groups in total. The van der Waals surface area contributed by atoms with Crippen molar-refractivity contribution in [3.8, 4) is 0 Å². The van der Waals surface area contributed by atoms with Crippen LogP contribution in [0.1, 0.15) is 27.0 Å². The molecule has 0 radical (unpaired) electrons. The molecule has 0 heterocycles. The monoisotopic (exact) mass is 465 g/mol. The minimum atomic E-state index is -4.01. The van der Waals surface area contributed by atoms with E-state index >= 15 is 0 Å². The number of hydrogen-bond acceptors (Lipinski definition) is 5. The Morgan fingerprint density at radius 2 is 1.61 bits per heavy atom. The Balaban J connectivity index is 1.81. The minimum Gasteiger partial charge on any atom is -0.478 e. The number of para-hydroxylation sites is 1. The molecule has 0 aliphatic rings. The van der Waals surface area contributed by atoms with Gasteiger partial charge in [-0.25, -0.2) is 18.6 Å². The summed E-state index contributed by atoms with van der Waals surface area (Å²) < 4.78 is 27.8. The van der Waals surface area contributed by atoms with Gasteiger partial charge in [0.2, 0.25) is 0 Å². The number of carbonyl (C=O) groups excluding carboxylic acids is 1. The normalized spacial score (nSPS) is 11.3. The topological polar surface area (TPSA) is 116 Å². The highest BCUT2D eigenvalue weighted by Crippen LogP contribution is 2.26. The molecule has 0 spiro atoms. The van der Waals surface area contributed by atoms with E-state index in [0.717, 1.165) is 9.87 Å². The van der Waals surface area contributed by atoms with Gasteiger partial charge in [0, 0.05) is 0 Å². The van der Waals surface area contributed by atoms with Crippen LogP contribution in [-0.4, -0.2) is 38.2 Å². The number of nitrogens with zero attached hydrogens (tertiary/aromatic N) is 2. The summed E-state index contributed by atoms with van der Waals surface area (Å²) in [5, 5.41) is 12.8. The molecule has 170 valence electrons. The third-order valence-corrected chi connectivity index (χ3v) is 6.61. The van der Waals surface area contributed by atoms with Crippen LogP contribution in [0.3, 0.4) is 0 Å². The van der Waals surface area contributed by atoms with E-state index in [0.29, 0.717) is 16.8 Å². The second-order valence-corrected chi connectivity index (χ2v) is 9.19. The molecule has 0 unspecified atom stereocenters. The van der Waals surface area contributed by atoms with Crippen molar-refractivity contribution in [1.82, 2.24) is 5.43 Å². The fourth-order valence-electron chi connectivity index (χ4n) is 3.04. The summed E-state index contributed by atoms with van der Waals surface area (Å²) in [7, 11) is -4.01. The lowest BCUT2D eigenvalue weighted by Gasteiger charge is -2.25. The van der Waals surface area contributed by atoms with Crippen molar-refractivity contribution >= 4 is 33.8 Å². The van der Waals surface area contributed by atoms with Crippen LogP contribution in [0.25, 0.3) is 0 Å². The molecule has 0 saturated heterocycles. The first-order chi connectivity index (χ1) is 15.7. The van der Waals surface area contributed by atoms with Crippen LogP contribution in [0.5, 0.6) is 0 Å². The van der Waals surface area contributed by atoms with Gasteiger partial charge in [-0.1, -0.05) is 48.0 Å². The number of anilines is 1. The number of benzene rings is 3. The summed E-state index contributed by atoms with van der Waals surface area (Å²) in [5.74, 6) is -1.68. The lowest BCUT2D eigenvalue weighted by Crippen LogP contribution is -2.40. The van der Waals surface area contributed by atoms with Gasteiger partial charge in [0.25, 0.3) is 15.9 Å². The van der Waals surface area contributed by atoms with Crippen LogP contribution in [0, 0.1) is 13.8 Å². The number of amides is 1. The third kappa shape index (κ3) is 5.83. The summed E-state index contributed by atoms with van der Waals surface area (Å²) in [4.78, 5) is 23.6. The van der Waals surface area contributed by atoms with Gasteiger partial charge in [0.15, 0.2) is 0 Å². The third-order valence-electron chi connectivity index (χ3n) is 4.84. The van der Waals surface area contributed by atoms with E-state index in [-0.39, 0.29) is 10.5 Å². The number of carboxylic acids is 1. The molecule has 3 aromatic rings. The van der Waals surface area contributed by atoms with Gasteiger partial charge in [-0.05, 0) is 55.3 Å². The lowest BCUT2D eigenvalue weighted by molar-refractivity contribution is -0.119. The highest BCUT2D eigenvalue weighted by atomic mass is 32.2. The van der Waals surface area contributed by atoms with Gasteiger partial charge in [-0.3, -0.25) is 9.10 Å². The van der Waals surface area contributed by atoms with Crippen molar-refractivity contribution in [2.75, 3.05) is 10.8 Å². The zero-order chi connectivity index (χ0) is 24.0. The van der Waals surface area contributed by atoms with E-state index in [1.54, 1.807) is 55.5 Å². The van der Waals surface area contributed by atoms with Crippen molar-refractivity contribution in [3.05, 3.63) is 95.1 Å². The summed E-state index contributed by atoms with van der Waals surface area (Å²) in [6, 6.07) is 19.2. The van der Waals surface area contributed by atoms with Crippen LogP contribution in [0.15, 0.2) is 82.8 Å². The zero-order valence-electron chi connectivity index (χ0n) is 18.1. The molecule has 0 saturated carbocycles. The van der Waals surface area contributed by atoms with Crippen molar-refractivity contribution < 1.29 is 23.1 Å². The molecule has 1 amide bonds. The van der Waals surface area contributed by atoms with Crippen molar-refractivity contribution in [2.45, 2.75) is 18.7 Å². The molecule has 9 heteroatoms. The van der Waals surface area contributed by atoms with Gasteiger partial charge >= 0.3 is 5.97 Å². The Kier molecular flexibility index (Phi) is 7.24. The smallest absolute Gasteiger partial charge is 0.335 e. The largest absolute Gasteiger partial charge is 0.478 e. The van der Waals surface area contributed by atoms with Crippen molar-refractivity contribution in [1.29, 1.82) is 0 Å². The Morgan fingerprint density at radius 1 is 0.970 bits per heavy atom. The first kappa shape index (κ1) is 23.7. The Hall–Kier alpha value is -3.98. The molecular weight excluding hydrogens is 442 g/mol. The average molecular weight is 466 g/mol. The number of carbonyl (C=O) groups is 2. The van der Waals surface area contributed by atoms with Crippen LogP contribution < -0.4 is 9.73 Å². The molecule has 8 nitrogen and oxygen atoms in total. The fraction of sp³-hybridized carbons (Fsp3) is 0.125. The maximum Gasteiger partial charge on any atom is 0.335 e. The Morgan fingerprint density at radius 3 is 2.21 bits per heavy atom. The molecule has 0 atom stereocenters. The number of aromatic carboxylic acids is 1. The minimum absolute atomic E-state index is 0.0752. The van der Waals surface area contributed by atoms with Crippen LogP contribution in [0.4, 0.5) is 5.69 Å². The maximum atomic E-state index is 13.4. The number of rotatable bonds is 8. The number of carboxylic acid groups (broad SMARTS) is 1. The number of sulfonamides is 1. The van der Waals surface area contributed by atoms with E-state index in [2.05, 4.69) is 10.5 Å². The van der Waals surface area contributed by atoms with Gasteiger partial charge in [-0.2, -0.15) is 5.10 Å². The summed E-state index contributed by atoms with van der Waals surface area (Å²) in [5.41, 5.74) is 5.04. The molecule has 3 aromatic carbocycles. The predicted molar refractivity (Wildman–Crippen MR) is 126 cm³/mol. The fourth-order valence-corrected chi connectivity index (χ4v) is 4.52. The molecule has 0 aromatic heterocycles. The van der Waals surface area contributed by atoms with Crippen LogP contribution in [0.2, 0.25) is 0 Å². The Labute approximate surface area is 192 Å². The first-order valence-electron chi connectivity index (χ1n) is 9.99. The quantitative estimate of drug-likeness (QED) is 0.391. The summed E-state index contributed by atoms with van der Waals surface area (Å²) >= 11 is 0. The van der Waals surface area contributed by atoms with Gasteiger partial charge < -0.3 is 5.11 Å². The maximum absolute atomic E-state index is 13.4. The Bertz CT molecular complexity index is 1280. The second-order valence-electron chi connectivity index (χ2n) is 7.33. The second kappa shape index (κ2) is 10.1. The van der Waals surface area contributed by atoms with E-state index in [1.807, 2.05) is 6.92 Å². The highest BCUT2D eigenvalue weighted by molar-refractivity contribution is 7.92. The van der Waals surface area contributed by atoms with E-state index in [4.69, 9.17) is 5.11 Å². The van der Waals surface area contributed by atoms with Crippen molar-refractivity contribution in [2.24, 2.45) is 5.10 Å². The lowest BCUT2D eigenvalue weighted by atomic mass is 10.1. The van der Waals surface area contributed by atoms with Gasteiger partial charge in [0.05, 0.1) is 22.4 Å². The highest BCUT2D eigenvalue weighted by Gasteiger charge is 2.28. The standard InChI is InChI=1S/C24H23N3O5S/c1-17-7-13-21(14-8-17)33(31,32)27(22-6-4-3-5-18(22)2)16-23(28)26-25-15-19-9-11-20(12-10-19)24(29)30/h3-15H,16H2,1-2H3,(H,26,28)(H,29,30)/b25-15-. The summed E-state index contributed by atoms with van der Waals surface area (Å²) in [6.45, 7) is 3.15. The first-order valence-corrected chi connectivity index (χ1v) is 11.4. The molecular formula is C24H23N3O5S. The molecule has 0 aliphatic heterocycles. The molecule has 0 aliphatic carbocycles. The molecule has 3 rings (SSSR count). The van der Waals surface area contributed by atoms with Gasteiger partial charge in [0.1, 0.15) is 6.54 Å². The van der Waals surface area contributed by atoms with E-state index in [9.17, 15) is 18.0 Å². The predicted octanol–water partition coefficient (Wildman–Crippen LogP) is 3.35. The molecule has 0 bridgehead atoms. The van der Waals surface area contributed by atoms with Crippen LogP contribution >= 0.6 is 0 Å². The van der Waals surface area contributed by atoms with Crippen LogP contribution in [-0.2, 0) is 14.8 Å². The number of nitrogens with one attached hydrogen (secondary N) is 1. The number of hydrazone groups is 1. The number of hydrogen-bond donors (Lipinski definition) is 2. The van der Waals surface area contributed by atoms with E-state index < -0.39 is 28.4 Å². The zero-order valence-corrected chi connectivity index (χ0v) is 18.9. The summed E-state index contributed by atoms with van der Waals surface area (Å²) in [6.07, 6.45) is 1.34. The van der Waals surface area contributed by atoms with Crippen molar-refractivity contribution in [3.63, 3.8) is 0 Å². The van der Waals surface area contributed by atoms with Gasteiger partial charge in [-0.15, -0.1) is 0 Å².